The summed E-state index contributed by atoms with van der Waals surface area (Å²) in [5.74, 6) is 0. The summed E-state index contributed by atoms with van der Waals surface area (Å²) < 4.78 is 0. The minimum atomic E-state index is 1.24. The van der Waals surface area contributed by atoms with Crippen molar-refractivity contribution in [2.24, 2.45) is 0 Å². The van der Waals surface area contributed by atoms with E-state index in [2.05, 4.69) is 24.9 Å². The molecule has 0 aromatic rings. The van der Waals surface area contributed by atoms with Crippen LogP contribution in [0.1, 0.15) is 20.8 Å². The van der Waals surface area contributed by atoms with Crippen LogP contribution in [0.4, 0.5) is 0 Å². The highest BCUT2D eigenvalue weighted by molar-refractivity contribution is 5.92. The molecule has 1 heteroatoms. The van der Waals surface area contributed by atoms with E-state index < -0.39 is 0 Å². The largest absolute Gasteiger partial charge is 0.248 e. The van der Waals surface area contributed by atoms with Crippen molar-refractivity contribution in [1.82, 2.24) is 0 Å². The van der Waals surface area contributed by atoms with E-state index in [4.69, 9.17) is 0 Å². The summed E-state index contributed by atoms with van der Waals surface area (Å²) in [7, 11) is 1.93. The van der Waals surface area contributed by atoms with Crippen molar-refractivity contribution >= 4 is 5.71 Å². The third kappa shape index (κ3) is 1.92. The minimum Gasteiger partial charge on any atom is -0.248 e. The molecule has 0 atom stereocenters. The van der Waals surface area contributed by atoms with Gasteiger partial charge in [-0.2, -0.15) is 0 Å². The number of allylic oxidation sites excluding steroid dienone is 2. The molecule has 0 aliphatic carbocycles. The average molecular weight is 112 g/mol. The average Bonchev–Trinajstić information content (AvgIpc) is 1.84. The summed E-state index contributed by atoms with van der Waals surface area (Å²) in [6, 6.07) is 0. The van der Waals surface area contributed by atoms with E-state index in [0.29, 0.717) is 0 Å². The maximum absolute atomic E-state index is 3.06. The Morgan fingerprint density at radius 2 is 1.88 bits per heavy atom. The van der Waals surface area contributed by atoms with E-state index in [1.807, 2.05) is 14.0 Å². The first kappa shape index (κ1) is 7.41. The summed E-state index contributed by atoms with van der Waals surface area (Å²) in [5, 5.41) is 0. The number of nitrogens with one attached hydrogen (secondary N) is 1. The van der Waals surface area contributed by atoms with Crippen LogP contribution in [0.15, 0.2) is 11.6 Å². The summed E-state index contributed by atoms with van der Waals surface area (Å²) in [5.41, 5.74) is 2.56. The molecule has 0 fully saturated rings. The molecular formula is C7H14N+. The Bertz CT molecular complexity index is 104. The van der Waals surface area contributed by atoms with Crippen molar-refractivity contribution in [1.29, 1.82) is 0 Å². The van der Waals surface area contributed by atoms with Gasteiger partial charge in [-0.05, 0) is 13.8 Å². The van der Waals surface area contributed by atoms with Crippen LogP contribution in [-0.2, 0) is 0 Å². The zero-order valence-corrected chi connectivity index (χ0v) is 6.08. The van der Waals surface area contributed by atoms with E-state index in [-0.39, 0.29) is 0 Å². The lowest BCUT2D eigenvalue weighted by atomic mass is 10.2. The Hall–Kier alpha value is -0.590. The smallest absolute Gasteiger partial charge is 0.173 e. The van der Waals surface area contributed by atoms with Gasteiger partial charge in [-0.3, -0.25) is 0 Å². The molecule has 0 radical (unpaired) electrons. The zero-order chi connectivity index (χ0) is 6.57. The van der Waals surface area contributed by atoms with Gasteiger partial charge in [-0.1, -0.05) is 6.08 Å². The van der Waals surface area contributed by atoms with E-state index >= 15 is 0 Å². The van der Waals surface area contributed by atoms with Crippen molar-refractivity contribution in [2.45, 2.75) is 20.8 Å². The van der Waals surface area contributed by atoms with Gasteiger partial charge in [0.25, 0.3) is 0 Å². The predicted molar refractivity (Wildman–Crippen MR) is 37.0 cm³/mol. The molecule has 0 aromatic carbocycles. The summed E-state index contributed by atoms with van der Waals surface area (Å²) in [6.07, 6.45) is 2.09. The Labute approximate surface area is 51.1 Å². The van der Waals surface area contributed by atoms with E-state index in [1.54, 1.807) is 0 Å². The highest BCUT2D eigenvalue weighted by atomic mass is 14.7. The molecule has 0 aromatic heterocycles. The number of hydrogen-bond donors (Lipinski definition) is 1. The molecule has 0 spiro atoms. The molecule has 0 saturated carbocycles. The molecule has 0 amide bonds. The van der Waals surface area contributed by atoms with Crippen molar-refractivity contribution in [2.75, 3.05) is 7.05 Å². The van der Waals surface area contributed by atoms with Crippen LogP contribution in [0, 0.1) is 0 Å². The fourth-order valence-corrected chi connectivity index (χ4v) is 0.414. The zero-order valence-electron chi connectivity index (χ0n) is 6.08. The van der Waals surface area contributed by atoms with Crippen LogP contribution in [0.25, 0.3) is 0 Å². The maximum atomic E-state index is 3.06. The van der Waals surface area contributed by atoms with Crippen LogP contribution < -0.4 is 4.99 Å². The second-order valence-corrected chi connectivity index (χ2v) is 1.85. The third-order valence-electron chi connectivity index (χ3n) is 1.40. The minimum absolute atomic E-state index is 1.24. The fourth-order valence-electron chi connectivity index (χ4n) is 0.414. The molecule has 8 heavy (non-hydrogen) atoms. The topological polar surface area (TPSA) is 14.0 Å². The van der Waals surface area contributed by atoms with E-state index in [1.165, 1.54) is 11.3 Å². The molecule has 46 valence electrons. The second-order valence-electron chi connectivity index (χ2n) is 1.85. The molecule has 0 aliphatic rings. The van der Waals surface area contributed by atoms with Gasteiger partial charge < -0.3 is 0 Å². The van der Waals surface area contributed by atoms with Gasteiger partial charge >= 0.3 is 0 Å². The van der Waals surface area contributed by atoms with Gasteiger partial charge in [0.15, 0.2) is 5.71 Å². The number of hydrogen-bond acceptors (Lipinski definition) is 0. The molecule has 0 bridgehead atoms. The van der Waals surface area contributed by atoms with E-state index in [0.717, 1.165) is 0 Å². The van der Waals surface area contributed by atoms with Crippen molar-refractivity contribution in [3.05, 3.63) is 11.6 Å². The van der Waals surface area contributed by atoms with Crippen molar-refractivity contribution in [3.63, 3.8) is 0 Å². The molecule has 1 nitrogen and oxygen atoms in total. The normalized spacial score (nSPS) is 14.5. The standard InChI is InChI=1S/C7H13N/c1-5-6(2)7(3)8-4/h5H,1-4H3/p+1/b6-5-,8-7?. The maximum Gasteiger partial charge on any atom is 0.173 e. The summed E-state index contributed by atoms with van der Waals surface area (Å²) >= 11 is 0. The number of rotatable bonds is 1. The van der Waals surface area contributed by atoms with Gasteiger partial charge in [0, 0.05) is 12.5 Å². The Morgan fingerprint density at radius 3 is 2.00 bits per heavy atom. The molecule has 0 heterocycles. The lowest BCUT2D eigenvalue weighted by Crippen LogP contribution is -2.67. The SMILES string of the molecule is C/C=C(/C)C(C)=[NH+]C. The Kier molecular flexibility index (Phi) is 3.16. The van der Waals surface area contributed by atoms with Crippen LogP contribution in [0.2, 0.25) is 0 Å². The van der Waals surface area contributed by atoms with Crippen molar-refractivity contribution in [3.8, 4) is 0 Å². The second kappa shape index (κ2) is 3.42. The van der Waals surface area contributed by atoms with Gasteiger partial charge in [0.05, 0.1) is 0 Å². The highest BCUT2D eigenvalue weighted by Crippen LogP contribution is 1.88. The fraction of sp³-hybridized carbons (Fsp3) is 0.571. The van der Waals surface area contributed by atoms with Gasteiger partial charge in [-0.15, -0.1) is 0 Å². The summed E-state index contributed by atoms with van der Waals surface area (Å²) in [6.45, 7) is 6.19. The van der Waals surface area contributed by atoms with Crippen molar-refractivity contribution < 1.29 is 4.99 Å². The lowest BCUT2D eigenvalue weighted by molar-refractivity contribution is -0.419. The van der Waals surface area contributed by atoms with Gasteiger partial charge in [-0.25, -0.2) is 4.99 Å². The summed E-state index contributed by atoms with van der Waals surface area (Å²) in [4.78, 5) is 3.06. The quantitative estimate of drug-likeness (QED) is 0.463. The van der Waals surface area contributed by atoms with Crippen LogP contribution in [-0.4, -0.2) is 12.8 Å². The first-order valence-electron chi connectivity index (χ1n) is 2.87. The lowest BCUT2D eigenvalue weighted by Gasteiger charge is -1.87. The molecule has 0 aliphatic heterocycles. The van der Waals surface area contributed by atoms with Crippen LogP contribution in [0.3, 0.4) is 0 Å². The Morgan fingerprint density at radius 1 is 1.38 bits per heavy atom. The molecule has 0 rings (SSSR count). The molecule has 0 saturated heterocycles. The Balaban J connectivity index is 4.04. The molecular weight excluding hydrogens is 98.1 g/mol. The third-order valence-corrected chi connectivity index (χ3v) is 1.40. The molecule has 0 unspecified atom stereocenters. The van der Waals surface area contributed by atoms with Gasteiger partial charge in [0.2, 0.25) is 0 Å². The first-order chi connectivity index (χ1) is 3.72. The first-order valence-corrected chi connectivity index (χ1v) is 2.87. The van der Waals surface area contributed by atoms with Crippen LogP contribution in [0.5, 0.6) is 0 Å². The van der Waals surface area contributed by atoms with Crippen LogP contribution >= 0.6 is 0 Å². The van der Waals surface area contributed by atoms with Gasteiger partial charge in [0.1, 0.15) is 7.05 Å². The monoisotopic (exact) mass is 112 g/mol. The van der Waals surface area contributed by atoms with E-state index in [9.17, 15) is 0 Å². The molecule has 1 N–H and O–H groups in total. The highest BCUT2D eigenvalue weighted by Gasteiger charge is 1.93. The predicted octanol–water partition coefficient (Wildman–Crippen LogP) is 0.124.